The smallest absolute Gasteiger partial charge is 0.326 e. The van der Waals surface area contributed by atoms with Gasteiger partial charge in [0.25, 0.3) is 5.91 Å². The first kappa shape index (κ1) is 22.6. The Kier molecular flexibility index (Phi) is 6.50. The number of amides is 3. The predicted octanol–water partition coefficient (Wildman–Crippen LogP) is 3.21. The number of benzene rings is 1. The molecule has 1 saturated heterocycles. The summed E-state index contributed by atoms with van der Waals surface area (Å²) in [6.45, 7) is 10.8. The van der Waals surface area contributed by atoms with Crippen LogP contribution in [0.3, 0.4) is 0 Å². The van der Waals surface area contributed by atoms with Gasteiger partial charge >= 0.3 is 12.0 Å². The number of ether oxygens (including phenoxy) is 1. The summed E-state index contributed by atoms with van der Waals surface area (Å²) in [4.78, 5) is 50.4. The molecule has 29 heavy (non-hydrogen) atoms. The van der Waals surface area contributed by atoms with Crippen molar-refractivity contribution in [3.05, 3.63) is 35.4 Å². The van der Waals surface area contributed by atoms with E-state index in [1.54, 1.807) is 26.0 Å². The lowest BCUT2D eigenvalue weighted by molar-refractivity contribution is -0.150. The first-order valence-corrected chi connectivity index (χ1v) is 9.93. The first-order valence-electron chi connectivity index (χ1n) is 9.93. The normalized spacial score (nSPS) is 17.1. The Morgan fingerprint density at radius 2 is 1.66 bits per heavy atom. The molecule has 1 heterocycles. The average Bonchev–Trinajstić information content (AvgIpc) is 2.91. The third-order valence-electron chi connectivity index (χ3n) is 5.45. The average molecular weight is 402 g/mol. The largest absolute Gasteiger partial charge is 0.453 e. The van der Waals surface area contributed by atoms with E-state index < -0.39 is 36.1 Å². The Hall–Kier alpha value is -2.70. The van der Waals surface area contributed by atoms with E-state index in [-0.39, 0.29) is 11.2 Å². The molecule has 0 aromatic heterocycles. The van der Waals surface area contributed by atoms with Crippen molar-refractivity contribution >= 4 is 23.7 Å². The molecule has 158 valence electrons. The minimum absolute atomic E-state index is 0.0330. The summed E-state index contributed by atoms with van der Waals surface area (Å²) in [5.41, 5.74) is 0.513. The summed E-state index contributed by atoms with van der Waals surface area (Å²) < 4.78 is 5.20. The minimum atomic E-state index is -1.02. The van der Waals surface area contributed by atoms with Crippen molar-refractivity contribution in [1.29, 1.82) is 0 Å². The van der Waals surface area contributed by atoms with Crippen molar-refractivity contribution in [2.45, 2.75) is 71.4 Å². The molecule has 7 nitrogen and oxygen atoms in total. The second kappa shape index (κ2) is 8.35. The summed E-state index contributed by atoms with van der Waals surface area (Å²) >= 11 is 0. The number of carbonyl (C=O) groups is 4. The molecule has 1 N–H and O–H groups in total. The van der Waals surface area contributed by atoms with E-state index in [0.29, 0.717) is 18.4 Å². The fraction of sp³-hybridized carbons (Fsp3) is 0.545. The van der Waals surface area contributed by atoms with Crippen LogP contribution >= 0.6 is 0 Å². The van der Waals surface area contributed by atoms with Gasteiger partial charge in [0, 0.05) is 5.56 Å². The highest BCUT2D eigenvalue weighted by molar-refractivity contribution is 6.08. The Morgan fingerprint density at radius 1 is 1.10 bits per heavy atom. The van der Waals surface area contributed by atoms with Crippen LogP contribution in [0.15, 0.2) is 24.3 Å². The lowest BCUT2D eigenvalue weighted by atomic mass is 9.86. The maximum atomic E-state index is 12.6. The molecule has 1 fully saturated rings. The summed E-state index contributed by atoms with van der Waals surface area (Å²) in [5, 5.41) is 2.65. The molecule has 0 bridgehead atoms. The standard InChI is InChI=1S/C22H30N2O5/c1-7-22(8-2)19(27)24(20(28)23-22)13-17(25)29-14(3)18(26)15-9-11-16(12-10-15)21(4,5)6/h9-12,14H,7-8,13H2,1-6H3,(H,23,28)/t14-/m0/s1. The van der Waals surface area contributed by atoms with Crippen LogP contribution in [-0.4, -0.2) is 46.8 Å². The molecule has 2 rings (SSSR count). The molecule has 3 amide bonds. The summed E-state index contributed by atoms with van der Waals surface area (Å²) in [6.07, 6.45) is -0.163. The number of urea groups is 1. The van der Waals surface area contributed by atoms with Crippen LogP contribution in [0, 0.1) is 0 Å². The number of nitrogens with zero attached hydrogens (tertiary/aromatic N) is 1. The third kappa shape index (κ3) is 4.66. The van der Waals surface area contributed by atoms with Crippen molar-refractivity contribution in [3.8, 4) is 0 Å². The van der Waals surface area contributed by atoms with Gasteiger partial charge in [0.1, 0.15) is 12.1 Å². The first-order chi connectivity index (χ1) is 13.4. The van der Waals surface area contributed by atoms with Gasteiger partial charge in [-0.25, -0.2) is 4.79 Å². The molecule has 0 radical (unpaired) electrons. The Bertz CT molecular complexity index is 803. The van der Waals surface area contributed by atoms with Gasteiger partial charge in [0.05, 0.1) is 0 Å². The lowest BCUT2D eigenvalue weighted by Gasteiger charge is -2.23. The van der Waals surface area contributed by atoms with Gasteiger partial charge in [0.2, 0.25) is 5.78 Å². The Labute approximate surface area is 171 Å². The van der Waals surface area contributed by atoms with E-state index in [0.717, 1.165) is 10.5 Å². The fourth-order valence-electron chi connectivity index (χ4n) is 3.34. The second-order valence-electron chi connectivity index (χ2n) is 8.43. The Morgan fingerprint density at radius 3 is 2.10 bits per heavy atom. The quantitative estimate of drug-likeness (QED) is 0.429. The highest BCUT2D eigenvalue weighted by Gasteiger charge is 2.49. The van der Waals surface area contributed by atoms with E-state index in [2.05, 4.69) is 26.1 Å². The van der Waals surface area contributed by atoms with Gasteiger partial charge in [-0.15, -0.1) is 0 Å². The molecule has 0 spiro atoms. The highest BCUT2D eigenvalue weighted by atomic mass is 16.5. The number of rotatable bonds is 7. The van der Waals surface area contributed by atoms with E-state index in [4.69, 9.17) is 4.74 Å². The van der Waals surface area contributed by atoms with E-state index in [9.17, 15) is 19.2 Å². The van der Waals surface area contributed by atoms with Crippen LogP contribution in [0.4, 0.5) is 4.79 Å². The molecule has 7 heteroatoms. The van der Waals surface area contributed by atoms with Crippen molar-refractivity contribution < 1.29 is 23.9 Å². The summed E-state index contributed by atoms with van der Waals surface area (Å²) in [6, 6.07) is 6.56. The SMILES string of the molecule is CCC1(CC)NC(=O)N(CC(=O)O[C@@H](C)C(=O)c2ccc(C(C)(C)C)cc2)C1=O. The van der Waals surface area contributed by atoms with Crippen molar-refractivity contribution in [1.82, 2.24) is 10.2 Å². The minimum Gasteiger partial charge on any atom is -0.453 e. The molecule has 1 aliphatic rings. The van der Waals surface area contributed by atoms with Gasteiger partial charge in [-0.3, -0.25) is 19.3 Å². The van der Waals surface area contributed by atoms with Crippen LogP contribution < -0.4 is 5.32 Å². The molecule has 0 unspecified atom stereocenters. The van der Waals surface area contributed by atoms with Crippen molar-refractivity contribution in [3.63, 3.8) is 0 Å². The second-order valence-corrected chi connectivity index (χ2v) is 8.43. The number of imide groups is 1. The zero-order valence-corrected chi connectivity index (χ0v) is 18.0. The van der Waals surface area contributed by atoms with Crippen LogP contribution in [-0.2, 0) is 19.7 Å². The highest BCUT2D eigenvalue weighted by Crippen LogP contribution is 2.25. The third-order valence-corrected chi connectivity index (χ3v) is 5.45. The maximum Gasteiger partial charge on any atom is 0.326 e. The number of ketones is 1. The van der Waals surface area contributed by atoms with E-state index in [1.807, 2.05) is 12.1 Å². The van der Waals surface area contributed by atoms with Crippen molar-refractivity contribution in [2.24, 2.45) is 0 Å². The van der Waals surface area contributed by atoms with Crippen molar-refractivity contribution in [2.75, 3.05) is 6.54 Å². The summed E-state index contributed by atoms with van der Waals surface area (Å²) in [5.74, 6) is -1.59. The number of nitrogens with one attached hydrogen (secondary N) is 1. The van der Waals surface area contributed by atoms with Crippen LogP contribution in [0.1, 0.15) is 70.3 Å². The van der Waals surface area contributed by atoms with Gasteiger partial charge in [-0.05, 0) is 30.7 Å². The molecular weight excluding hydrogens is 372 g/mol. The maximum absolute atomic E-state index is 12.6. The topological polar surface area (TPSA) is 92.8 Å². The van der Waals surface area contributed by atoms with Gasteiger partial charge < -0.3 is 10.1 Å². The zero-order chi connectivity index (χ0) is 22.0. The van der Waals surface area contributed by atoms with Gasteiger partial charge in [-0.2, -0.15) is 0 Å². The van der Waals surface area contributed by atoms with E-state index >= 15 is 0 Å². The van der Waals surface area contributed by atoms with Crippen LogP contribution in [0.5, 0.6) is 0 Å². The van der Waals surface area contributed by atoms with Gasteiger partial charge in [0.15, 0.2) is 6.10 Å². The molecule has 1 aliphatic heterocycles. The Balaban J connectivity index is 2.01. The number of Topliss-reactive ketones (excluding diaryl/α,β-unsaturated/α-hetero) is 1. The van der Waals surface area contributed by atoms with Crippen LogP contribution in [0.2, 0.25) is 0 Å². The predicted molar refractivity (Wildman–Crippen MR) is 109 cm³/mol. The lowest BCUT2D eigenvalue weighted by Crippen LogP contribution is -2.46. The molecule has 1 atom stereocenters. The van der Waals surface area contributed by atoms with Gasteiger partial charge in [-0.1, -0.05) is 58.9 Å². The molecular formula is C22H30N2O5. The summed E-state index contributed by atoms with van der Waals surface area (Å²) in [7, 11) is 0. The number of hydrogen-bond acceptors (Lipinski definition) is 5. The number of hydrogen-bond donors (Lipinski definition) is 1. The number of esters is 1. The molecule has 0 saturated carbocycles. The number of carbonyl (C=O) groups excluding carboxylic acids is 4. The fourth-order valence-corrected chi connectivity index (χ4v) is 3.34. The molecule has 0 aliphatic carbocycles. The van der Waals surface area contributed by atoms with Crippen LogP contribution in [0.25, 0.3) is 0 Å². The molecule has 1 aromatic carbocycles. The van der Waals surface area contributed by atoms with E-state index in [1.165, 1.54) is 6.92 Å². The zero-order valence-electron chi connectivity index (χ0n) is 18.0. The molecule has 1 aromatic rings. The monoisotopic (exact) mass is 402 g/mol.